The van der Waals surface area contributed by atoms with Crippen molar-refractivity contribution in [3.63, 3.8) is 0 Å². The molecule has 1 unspecified atom stereocenters. The highest BCUT2D eigenvalue weighted by Crippen LogP contribution is 2.40. The molecule has 174 valence electrons. The molecular formula is C26H47NO3. The van der Waals surface area contributed by atoms with E-state index in [0.717, 1.165) is 50.9 Å². The van der Waals surface area contributed by atoms with Crippen LogP contribution in [-0.4, -0.2) is 35.4 Å². The van der Waals surface area contributed by atoms with E-state index in [-0.39, 0.29) is 24.2 Å². The van der Waals surface area contributed by atoms with Gasteiger partial charge in [0, 0.05) is 18.2 Å². The van der Waals surface area contributed by atoms with Gasteiger partial charge >= 0.3 is 5.97 Å². The number of unbranched alkanes of at least 4 members (excludes halogenated alkanes) is 4. The molecule has 4 nitrogen and oxygen atoms in total. The molecule has 0 amide bonds. The summed E-state index contributed by atoms with van der Waals surface area (Å²) in [4.78, 5) is 12.3. The minimum absolute atomic E-state index is 0.0222. The van der Waals surface area contributed by atoms with Crippen LogP contribution >= 0.6 is 0 Å². The molecule has 2 N–H and O–H groups in total. The van der Waals surface area contributed by atoms with Gasteiger partial charge in [0.15, 0.2) is 0 Å². The molecule has 1 saturated carbocycles. The summed E-state index contributed by atoms with van der Waals surface area (Å²) in [5.74, 6) is 1.15. The third-order valence-corrected chi connectivity index (χ3v) is 7.23. The molecule has 1 saturated heterocycles. The van der Waals surface area contributed by atoms with Crippen molar-refractivity contribution in [1.82, 2.24) is 5.32 Å². The van der Waals surface area contributed by atoms with E-state index in [1.165, 1.54) is 44.9 Å². The second kappa shape index (κ2) is 14.2. The van der Waals surface area contributed by atoms with Crippen LogP contribution in [0.2, 0.25) is 0 Å². The minimum Gasteiger partial charge on any atom is -0.458 e. The quantitative estimate of drug-likeness (QED) is 0.220. The lowest BCUT2D eigenvalue weighted by Gasteiger charge is -2.47. The molecule has 2 rings (SSSR count). The highest BCUT2D eigenvalue weighted by molar-refractivity contribution is 5.82. The number of carbonyl (C=O) groups excluding carboxylic acids is 1. The topological polar surface area (TPSA) is 58.6 Å². The van der Waals surface area contributed by atoms with Gasteiger partial charge in [-0.15, -0.1) is 0 Å². The van der Waals surface area contributed by atoms with Gasteiger partial charge < -0.3 is 15.2 Å². The van der Waals surface area contributed by atoms with Crippen molar-refractivity contribution in [1.29, 1.82) is 0 Å². The zero-order chi connectivity index (χ0) is 21.8. The lowest BCUT2D eigenvalue weighted by Crippen LogP contribution is -2.57. The third kappa shape index (κ3) is 8.70. The Labute approximate surface area is 185 Å². The fourth-order valence-electron chi connectivity index (χ4n) is 5.49. The summed E-state index contributed by atoms with van der Waals surface area (Å²) < 4.78 is 5.87. The number of carbonyl (C=O) groups is 1. The van der Waals surface area contributed by atoms with Crippen molar-refractivity contribution in [2.24, 2.45) is 11.8 Å². The number of allylic oxidation sites excluding steroid dienone is 1. The highest BCUT2D eigenvalue weighted by atomic mass is 16.5. The van der Waals surface area contributed by atoms with Crippen molar-refractivity contribution < 1.29 is 14.6 Å². The Balaban J connectivity index is 1.79. The summed E-state index contributed by atoms with van der Waals surface area (Å²) in [7, 11) is 0. The summed E-state index contributed by atoms with van der Waals surface area (Å²) in [6, 6.07) is 0.801. The first-order chi connectivity index (χ1) is 14.5. The van der Waals surface area contributed by atoms with Crippen molar-refractivity contribution >= 4 is 5.97 Å². The first-order valence-electron chi connectivity index (χ1n) is 12.9. The standard InChI is InChI=1S/C26H47NO3/c1-4-6-7-8-9-18-26(29)30-25-19-23-21(14-10-11-16-22(28)13-5-2)15-12-17-24(23)27-20(25)3/h9,18,20-25,27-28H,4-8,10-17,19H2,1-3H3/b18-9+/t20-,21-,22?,23-,24+,25+/m1/s1. The maximum Gasteiger partial charge on any atom is 0.330 e. The van der Waals surface area contributed by atoms with Gasteiger partial charge in [-0.3, -0.25) is 0 Å². The van der Waals surface area contributed by atoms with E-state index in [1.54, 1.807) is 6.08 Å². The molecule has 0 aromatic rings. The molecule has 2 fully saturated rings. The van der Waals surface area contributed by atoms with Crippen molar-refractivity contribution in [3.05, 3.63) is 12.2 Å². The number of piperidine rings is 1. The van der Waals surface area contributed by atoms with E-state index in [4.69, 9.17) is 4.74 Å². The molecule has 0 aromatic heterocycles. The van der Waals surface area contributed by atoms with Crippen LogP contribution in [0.3, 0.4) is 0 Å². The van der Waals surface area contributed by atoms with Crippen molar-refractivity contribution in [2.75, 3.05) is 0 Å². The normalized spacial score (nSPS) is 30.2. The van der Waals surface area contributed by atoms with E-state index in [1.807, 2.05) is 6.08 Å². The van der Waals surface area contributed by atoms with E-state index < -0.39 is 0 Å². The van der Waals surface area contributed by atoms with Gasteiger partial charge in [-0.05, 0) is 57.3 Å². The molecule has 1 heterocycles. The van der Waals surface area contributed by atoms with Crippen LogP contribution in [0.15, 0.2) is 12.2 Å². The van der Waals surface area contributed by atoms with Crippen molar-refractivity contribution in [2.45, 2.75) is 135 Å². The number of aliphatic hydroxyl groups is 1. The predicted molar refractivity (Wildman–Crippen MR) is 124 cm³/mol. The Bertz CT molecular complexity index is 507. The first kappa shape index (κ1) is 25.4. The van der Waals surface area contributed by atoms with Crippen LogP contribution < -0.4 is 5.32 Å². The fraction of sp³-hybridized carbons (Fsp3) is 0.885. The van der Waals surface area contributed by atoms with Crippen LogP contribution in [-0.2, 0) is 9.53 Å². The fourth-order valence-corrected chi connectivity index (χ4v) is 5.49. The summed E-state index contributed by atoms with van der Waals surface area (Å²) in [5, 5.41) is 13.7. The average molecular weight is 422 g/mol. The van der Waals surface area contributed by atoms with Gasteiger partial charge in [0.2, 0.25) is 0 Å². The van der Waals surface area contributed by atoms with Gasteiger partial charge in [0.05, 0.1) is 6.10 Å². The Morgan fingerprint density at radius 2 is 1.97 bits per heavy atom. The second-order valence-corrected chi connectivity index (χ2v) is 9.75. The molecule has 2 aliphatic rings. The van der Waals surface area contributed by atoms with Gasteiger partial charge in [-0.2, -0.15) is 0 Å². The maximum atomic E-state index is 12.3. The molecule has 4 heteroatoms. The smallest absolute Gasteiger partial charge is 0.330 e. The Hall–Kier alpha value is -0.870. The maximum absolute atomic E-state index is 12.3. The largest absolute Gasteiger partial charge is 0.458 e. The second-order valence-electron chi connectivity index (χ2n) is 9.75. The number of rotatable bonds is 13. The van der Waals surface area contributed by atoms with E-state index in [9.17, 15) is 9.90 Å². The number of nitrogens with one attached hydrogen (secondary N) is 1. The highest BCUT2D eigenvalue weighted by Gasteiger charge is 2.41. The Morgan fingerprint density at radius 3 is 2.73 bits per heavy atom. The molecule has 30 heavy (non-hydrogen) atoms. The molecule has 0 radical (unpaired) electrons. The number of hydrogen-bond donors (Lipinski definition) is 2. The summed E-state index contributed by atoms with van der Waals surface area (Å²) >= 11 is 0. The number of aliphatic hydroxyl groups excluding tert-OH is 1. The van der Waals surface area contributed by atoms with Crippen LogP contribution in [0, 0.1) is 11.8 Å². The van der Waals surface area contributed by atoms with E-state index in [2.05, 4.69) is 26.1 Å². The van der Waals surface area contributed by atoms with Gasteiger partial charge in [-0.1, -0.05) is 71.3 Å². The van der Waals surface area contributed by atoms with Crippen LogP contribution in [0.25, 0.3) is 0 Å². The molecule has 1 aliphatic carbocycles. The van der Waals surface area contributed by atoms with Gasteiger partial charge in [0.25, 0.3) is 0 Å². The van der Waals surface area contributed by atoms with Crippen LogP contribution in [0.1, 0.15) is 111 Å². The molecule has 0 bridgehead atoms. The first-order valence-corrected chi connectivity index (χ1v) is 12.9. The van der Waals surface area contributed by atoms with Crippen molar-refractivity contribution in [3.8, 4) is 0 Å². The van der Waals surface area contributed by atoms with E-state index in [0.29, 0.717) is 12.0 Å². The predicted octanol–water partition coefficient (Wildman–Crippen LogP) is 5.92. The molecular weight excluding hydrogens is 374 g/mol. The van der Waals surface area contributed by atoms with Gasteiger partial charge in [-0.25, -0.2) is 4.79 Å². The summed E-state index contributed by atoms with van der Waals surface area (Å²) in [6.45, 7) is 6.49. The molecule has 0 aromatic carbocycles. The van der Waals surface area contributed by atoms with E-state index >= 15 is 0 Å². The van der Waals surface area contributed by atoms with Gasteiger partial charge in [0.1, 0.15) is 6.10 Å². The number of fused-ring (bicyclic) bond motifs is 1. The Morgan fingerprint density at radius 1 is 1.13 bits per heavy atom. The number of ether oxygens (including phenoxy) is 1. The molecule has 1 aliphatic heterocycles. The molecule has 6 atom stereocenters. The minimum atomic E-state index is -0.180. The third-order valence-electron chi connectivity index (χ3n) is 7.23. The summed E-state index contributed by atoms with van der Waals surface area (Å²) in [6.07, 6.45) is 19.3. The van der Waals surface area contributed by atoms with Crippen LogP contribution in [0.5, 0.6) is 0 Å². The molecule has 0 spiro atoms. The lowest BCUT2D eigenvalue weighted by molar-refractivity contribution is -0.148. The summed E-state index contributed by atoms with van der Waals surface area (Å²) in [5.41, 5.74) is 0. The number of hydrogen-bond acceptors (Lipinski definition) is 4. The lowest BCUT2D eigenvalue weighted by atomic mass is 9.68. The SMILES string of the molecule is CCCCC/C=C/C(=O)O[C@H]1C[C@@H]2[C@H](CCCCC(O)CCC)CCC[C@@H]2N[C@@H]1C. The van der Waals surface area contributed by atoms with Crippen LogP contribution in [0.4, 0.5) is 0 Å². The zero-order valence-electron chi connectivity index (χ0n) is 19.8. The monoisotopic (exact) mass is 421 g/mol. The Kier molecular flexibility index (Phi) is 12.1. The number of esters is 1. The average Bonchev–Trinajstić information content (AvgIpc) is 2.72. The zero-order valence-corrected chi connectivity index (χ0v) is 19.8.